The zero-order chi connectivity index (χ0) is 17.8. The van der Waals surface area contributed by atoms with Crippen molar-refractivity contribution in [2.75, 3.05) is 6.54 Å². The van der Waals surface area contributed by atoms with Gasteiger partial charge in [-0.25, -0.2) is 0 Å². The lowest BCUT2D eigenvalue weighted by atomic mass is 10.1. The van der Waals surface area contributed by atoms with Crippen LogP contribution in [0.15, 0.2) is 59.3 Å². The second kappa shape index (κ2) is 7.47. The molecular weight excluding hydrogens is 328 g/mol. The number of hydrogen-bond acceptors (Lipinski definition) is 5. The summed E-state index contributed by atoms with van der Waals surface area (Å²) in [4.78, 5) is 20.5. The molecule has 3 aromatic rings. The minimum absolute atomic E-state index is 0.0151. The molecule has 6 heteroatoms. The highest BCUT2D eigenvalue weighted by Gasteiger charge is 2.37. The molecular formula is C20H20N4O2. The number of benzene rings is 1. The molecule has 1 N–H and O–H groups in total. The van der Waals surface area contributed by atoms with E-state index in [4.69, 9.17) is 4.52 Å². The molecule has 1 amide bonds. The van der Waals surface area contributed by atoms with Gasteiger partial charge in [0, 0.05) is 25.6 Å². The Bertz CT molecular complexity index is 864. The maximum Gasteiger partial charge on any atom is 0.227 e. The van der Waals surface area contributed by atoms with Crippen LogP contribution in [0.1, 0.15) is 30.2 Å². The van der Waals surface area contributed by atoms with Crippen LogP contribution in [0, 0.1) is 5.92 Å². The summed E-state index contributed by atoms with van der Waals surface area (Å²) in [5.41, 5.74) is 2.02. The standard InChI is InChI=1S/C20H20N4O2/c25-18(22-13-15-12-16(15)14-6-2-1-3-7-14)9-10-19-23-20(24-26-19)17-8-4-5-11-21-17/h1-8,11,15-16H,9-10,12-13H2,(H,22,25)/t15-,16-/m0/s1. The van der Waals surface area contributed by atoms with E-state index in [1.165, 1.54) is 5.56 Å². The summed E-state index contributed by atoms with van der Waals surface area (Å²) < 4.78 is 5.20. The molecule has 0 spiro atoms. The van der Waals surface area contributed by atoms with Crippen LogP contribution in [0.4, 0.5) is 0 Å². The number of nitrogens with one attached hydrogen (secondary N) is 1. The number of amides is 1. The fraction of sp³-hybridized carbons (Fsp3) is 0.300. The minimum Gasteiger partial charge on any atom is -0.356 e. The van der Waals surface area contributed by atoms with Crippen LogP contribution < -0.4 is 5.32 Å². The van der Waals surface area contributed by atoms with Gasteiger partial charge in [-0.2, -0.15) is 4.98 Å². The summed E-state index contributed by atoms with van der Waals surface area (Å²) in [6.45, 7) is 0.724. The predicted molar refractivity (Wildman–Crippen MR) is 96.1 cm³/mol. The SMILES string of the molecule is O=C(CCc1nc(-c2ccccn2)no1)NC[C@@H]1C[C@H]1c1ccccc1. The van der Waals surface area contributed by atoms with Crippen LogP contribution >= 0.6 is 0 Å². The van der Waals surface area contributed by atoms with E-state index in [0.717, 1.165) is 13.0 Å². The van der Waals surface area contributed by atoms with E-state index >= 15 is 0 Å². The summed E-state index contributed by atoms with van der Waals surface area (Å²) in [6.07, 6.45) is 3.59. The van der Waals surface area contributed by atoms with Crippen LogP contribution in [0.2, 0.25) is 0 Å². The van der Waals surface area contributed by atoms with E-state index in [-0.39, 0.29) is 5.91 Å². The van der Waals surface area contributed by atoms with Gasteiger partial charge in [-0.1, -0.05) is 41.6 Å². The van der Waals surface area contributed by atoms with Crippen molar-refractivity contribution >= 4 is 5.91 Å². The Morgan fingerprint density at radius 3 is 2.81 bits per heavy atom. The molecule has 132 valence electrons. The Hall–Kier alpha value is -3.02. The van der Waals surface area contributed by atoms with Crippen molar-refractivity contribution in [3.8, 4) is 11.5 Å². The van der Waals surface area contributed by atoms with Crippen molar-refractivity contribution in [3.05, 3.63) is 66.2 Å². The summed E-state index contributed by atoms with van der Waals surface area (Å²) in [7, 11) is 0. The molecule has 1 aliphatic rings. The largest absolute Gasteiger partial charge is 0.356 e. The van der Waals surface area contributed by atoms with Crippen LogP contribution in [-0.4, -0.2) is 27.6 Å². The number of aryl methyl sites for hydroxylation is 1. The predicted octanol–water partition coefficient (Wildman–Crippen LogP) is 2.98. The monoisotopic (exact) mass is 348 g/mol. The lowest BCUT2D eigenvalue weighted by Crippen LogP contribution is -2.26. The third-order valence-electron chi connectivity index (χ3n) is 4.64. The first-order chi connectivity index (χ1) is 12.8. The van der Waals surface area contributed by atoms with Gasteiger partial charge < -0.3 is 9.84 Å². The van der Waals surface area contributed by atoms with Crippen molar-refractivity contribution < 1.29 is 9.32 Å². The van der Waals surface area contributed by atoms with E-state index in [1.54, 1.807) is 6.20 Å². The van der Waals surface area contributed by atoms with Crippen LogP contribution in [0.3, 0.4) is 0 Å². The molecule has 1 saturated carbocycles. The maximum absolute atomic E-state index is 12.1. The lowest BCUT2D eigenvalue weighted by Gasteiger charge is -2.04. The van der Waals surface area contributed by atoms with Crippen LogP contribution in [0.25, 0.3) is 11.5 Å². The second-order valence-corrected chi connectivity index (χ2v) is 6.54. The van der Waals surface area contributed by atoms with Crippen LogP contribution in [0.5, 0.6) is 0 Å². The Kier molecular flexibility index (Phi) is 4.73. The van der Waals surface area contributed by atoms with Crippen molar-refractivity contribution in [3.63, 3.8) is 0 Å². The van der Waals surface area contributed by atoms with E-state index in [1.807, 2.05) is 24.3 Å². The van der Waals surface area contributed by atoms with E-state index in [9.17, 15) is 4.79 Å². The number of carbonyl (C=O) groups is 1. The number of pyridine rings is 1. The van der Waals surface area contributed by atoms with Crippen molar-refractivity contribution in [2.24, 2.45) is 5.92 Å². The zero-order valence-electron chi connectivity index (χ0n) is 14.3. The van der Waals surface area contributed by atoms with Crippen molar-refractivity contribution in [2.45, 2.75) is 25.2 Å². The zero-order valence-corrected chi connectivity index (χ0v) is 14.3. The molecule has 1 aromatic carbocycles. The van der Waals surface area contributed by atoms with Gasteiger partial charge in [0.15, 0.2) is 0 Å². The third-order valence-corrected chi connectivity index (χ3v) is 4.64. The molecule has 4 rings (SSSR count). The van der Waals surface area contributed by atoms with Gasteiger partial charge in [0.05, 0.1) is 0 Å². The molecule has 2 aromatic heterocycles. The first kappa shape index (κ1) is 16.4. The Labute approximate surface area is 151 Å². The third kappa shape index (κ3) is 3.96. The molecule has 0 aliphatic heterocycles. The van der Waals surface area contributed by atoms with Crippen molar-refractivity contribution in [1.82, 2.24) is 20.4 Å². The van der Waals surface area contributed by atoms with E-state index < -0.39 is 0 Å². The molecule has 0 bridgehead atoms. The highest BCUT2D eigenvalue weighted by molar-refractivity contribution is 5.76. The average Bonchev–Trinajstić information content (AvgIpc) is 3.33. The van der Waals surface area contributed by atoms with Gasteiger partial charge in [0.1, 0.15) is 5.69 Å². The van der Waals surface area contributed by atoms with Gasteiger partial charge >= 0.3 is 0 Å². The molecule has 6 nitrogen and oxygen atoms in total. The number of rotatable bonds is 7. The number of carbonyl (C=O) groups excluding carboxylic acids is 1. The molecule has 0 saturated heterocycles. The second-order valence-electron chi connectivity index (χ2n) is 6.54. The topological polar surface area (TPSA) is 80.9 Å². The van der Waals surface area contributed by atoms with Gasteiger partial charge in [-0.3, -0.25) is 9.78 Å². The number of aromatic nitrogens is 3. The molecule has 1 fully saturated rings. The Morgan fingerprint density at radius 2 is 2.00 bits per heavy atom. The minimum atomic E-state index is 0.0151. The van der Waals surface area contributed by atoms with E-state index in [2.05, 4.69) is 44.7 Å². The summed E-state index contributed by atoms with van der Waals surface area (Å²) >= 11 is 0. The Morgan fingerprint density at radius 1 is 1.15 bits per heavy atom. The van der Waals surface area contributed by atoms with Gasteiger partial charge in [-0.05, 0) is 36.0 Å². The molecule has 1 aliphatic carbocycles. The molecule has 0 unspecified atom stereocenters. The summed E-state index contributed by atoms with van der Waals surface area (Å²) in [5, 5.41) is 6.92. The average molecular weight is 348 g/mol. The van der Waals surface area contributed by atoms with E-state index in [0.29, 0.717) is 42.1 Å². The van der Waals surface area contributed by atoms with Gasteiger partial charge in [0.2, 0.25) is 17.6 Å². The van der Waals surface area contributed by atoms with Crippen LogP contribution in [-0.2, 0) is 11.2 Å². The maximum atomic E-state index is 12.1. The fourth-order valence-corrected chi connectivity index (χ4v) is 3.09. The summed E-state index contributed by atoms with van der Waals surface area (Å²) in [6, 6.07) is 16.0. The number of nitrogens with zero attached hydrogens (tertiary/aromatic N) is 3. The molecule has 26 heavy (non-hydrogen) atoms. The molecule has 2 atom stereocenters. The first-order valence-electron chi connectivity index (χ1n) is 8.85. The Balaban J connectivity index is 1.21. The fourth-order valence-electron chi connectivity index (χ4n) is 3.09. The van der Waals surface area contributed by atoms with Gasteiger partial charge in [-0.15, -0.1) is 0 Å². The highest BCUT2D eigenvalue weighted by Crippen LogP contribution is 2.46. The van der Waals surface area contributed by atoms with Crippen molar-refractivity contribution in [1.29, 1.82) is 0 Å². The normalized spacial score (nSPS) is 18.5. The number of hydrogen-bond donors (Lipinski definition) is 1. The lowest BCUT2D eigenvalue weighted by molar-refractivity contribution is -0.121. The first-order valence-corrected chi connectivity index (χ1v) is 8.85. The highest BCUT2D eigenvalue weighted by atomic mass is 16.5. The summed E-state index contributed by atoms with van der Waals surface area (Å²) in [5.74, 6) is 2.04. The quantitative estimate of drug-likeness (QED) is 0.710. The molecule has 0 radical (unpaired) electrons. The molecule has 2 heterocycles. The van der Waals surface area contributed by atoms with Gasteiger partial charge in [0.25, 0.3) is 0 Å². The smallest absolute Gasteiger partial charge is 0.227 e.